The predicted molar refractivity (Wildman–Crippen MR) is 102 cm³/mol. The first-order chi connectivity index (χ1) is 12.4. The van der Waals surface area contributed by atoms with Crippen molar-refractivity contribution in [1.29, 1.82) is 0 Å². The Bertz CT molecular complexity index is 587. The largest absolute Gasteiger partial charge is 0.493 e. The first kappa shape index (κ1) is 21.8. The maximum absolute atomic E-state index is 12.2. The van der Waals surface area contributed by atoms with E-state index in [0.717, 1.165) is 19.3 Å². The molecule has 1 rings (SSSR count). The van der Waals surface area contributed by atoms with Crippen LogP contribution in [0.1, 0.15) is 63.7 Å². The molecule has 1 atom stereocenters. The average molecular weight is 364 g/mol. The molecule has 0 aliphatic carbocycles. The summed E-state index contributed by atoms with van der Waals surface area (Å²) in [7, 11) is 1.53. The Morgan fingerprint density at radius 1 is 1.08 bits per heavy atom. The van der Waals surface area contributed by atoms with Crippen molar-refractivity contribution in [1.82, 2.24) is 10.9 Å². The maximum Gasteiger partial charge on any atom is 0.269 e. The van der Waals surface area contributed by atoms with Gasteiger partial charge in [-0.2, -0.15) is 0 Å². The van der Waals surface area contributed by atoms with E-state index in [2.05, 4.69) is 31.6 Å². The van der Waals surface area contributed by atoms with Crippen LogP contribution in [0.25, 0.3) is 0 Å². The fourth-order valence-electron chi connectivity index (χ4n) is 2.49. The van der Waals surface area contributed by atoms with Gasteiger partial charge in [-0.05, 0) is 36.5 Å². The van der Waals surface area contributed by atoms with Crippen LogP contribution >= 0.6 is 0 Å². The van der Waals surface area contributed by atoms with E-state index in [1.165, 1.54) is 7.11 Å². The number of rotatable bonds is 10. The summed E-state index contributed by atoms with van der Waals surface area (Å²) in [5.41, 5.74) is 5.29. The van der Waals surface area contributed by atoms with Gasteiger partial charge in [0.1, 0.15) is 0 Å². The van der Waals surface area contributed by atoms with Crippen molar-refractivity contribution in [3.63, 3.8) is 0 Å². The van der Waals surface area contributed by atoms with Crippen LogP contribution in [0, 0.1) is 11.8 Å². The van der Waals surface area contributed by atoms with Crippen molar-refractivity contribution < 1.29 is 19.1 Å². The van der Waals surface area contributed by atoms with Crippen LogP contribution in [0.5, 0.6) is 11.5 Å². The molecule has 26 heavy (non-hydrogen) atoms. The number of benzene rings is 1. The van der Waals surface area contributed by atoms with Gasteiger partial charge >= 0.3 is 0 Å². The zero-order valence-electron chi connectivity index (χ0n) is 16.6. The molecule has 1 aromatic carbocycles. The molecule has 146 valence electrons. The zero-order chi connectivity index (χ0) is 19.5. The van der Waals surface area contributed by atoms with Crippen molar-refractivity contribution in [2.24, 2.45) is 11.8 Å². The molecule has 2 N–H and O–H groups in total. The molecule has 0 spiro atoms. The van der Waals surface area contributed by atoms with Gasteiger partial charge in [0.2, 0.25) is 5.91 Å². The topological polar surface area (TPSA) is 76.7 Å². The van der Waals surface area contributed by atoms with Crippen LogP contribution in [-0.2, 0) is 4.79 Å². The van der Waals surface area contributed by atoms with Crippen molar-refractivity contribution >= 4 is 11.8 Å². The lowest BCUT2D eigenvalue weighted by Gasteiger charge is -2.14. The van der Waals surface area contributed by atoms with E-state index in [1.807, 2.05) is 6.92 Å². The molecule has 0 bridgehead atoms. The molecule has 6 nitrogen and oxygen atoms in total. The molecule has 0 radical (unpaired) electrons. The lowest BCUT2D eigenvalue weighted by molar-refractivity contribution is -0.122. The number of carbonyl (C=O) groups is 2. The van der Waals surface area contributed by atoms with Gasteiger partial charge < -0.3 is 9.47 Å². The smallest absolute Gasteiger partial charge is 0.269 e. The third-order valence-electron chi connectivity index (χ3n) is 4.01. The lowest BCUT2D eigenvalue weighted by atomic mass is 10.0. The number of carbonyl (C=O) groups excluding carboxylic acids is 2. The monoisotopic (exact) mass is 364 g/mol. The van der Waals surface area contributed by atoms with Crippen molar-refractivity contribution in [2.75, 3.05) is 13.7 Å². The molecule has 2 amide bonds. The summed E-state index contributed by atoms with van der Waals surface area (Å²) in [6.45, 7) is 8.95. The first-order valence-electron chi connectivity index (χ1n) is 9.27. The molecule has 0 saturated carbocycles. The van der Waals surface area contributed by atoms with Crippen LogP contribution in [0.3, 0.4) is 0 Å². The summed E-state index contributed by atoms with van der Waals surface area (Å²) >= 11 is 0. The Labute approximate surface area is 156 Å². The number of hydrogen-bond donors (Lipinski definition) is 2. The maximum atomic E-state index is 12.2. The Morgan fingerprint density at radius 2 is 1.81 bits per heavy atom. The van der Waals surface area contributed by atoms with Crippen molar-refractivity contribution in [3.05, 3.63) is 23.8 Å². The van der Waals surface area contributed by atoms with Crippen LogP contribution in [0.15, 0.2) is 18.2 Å². The molecule has 6 heteroatoms. The minimum Gasteiger partial charge on any atom is -0.493 e. The van der Waals surface area contributed by atoms with Crippen LogP contribution < -0.4 is 20.3 Å². The van der Waals surface area contributed by atoms with Gasteiger partial charge in [-0.1, -0.05) is 40.5 Å². The molecule has 0 heterocycles. The standard InChI is InChI=1S/C20H32N2O4/c1-6-7-15(4)12-19(23)21-22-20(24)16-8-9-17(18(13-16)25-5)26-11-10-14(2)3/h8-9,13-15H,6-7,10-12H2,1-5H3,(H,21,23)(H,22,24). The first-order valence-corrected chi connectivity index (χ1v) is 9.27. The molecule has 1 unspecified atom stereocenters. The Balaban J connectivity index is 2.59. The SMILES string of the molecule is CCCC(C)CC(=O)NNC(=O)c1ccc(OCCC(C)C)c(OC)c1. The van der Waals surface area contributed by atoms with E-state index >= 15 is 0 Å². The fourth-order valence-corrected chi connectivity index (χ4v) is 2.49. The molecule has 0 aliphatic heterocycles. The molecular weight excluding hydrogens is 332 g/mol. The number of hydrogen-bond acceptors (Lipinski definition) is 4. The second kappa shape index (κ2) is 11.4. The third kappa shape index (κ3) is 7.76. The van der Waals surface area contributed by atoms with Gasteiger partial charge in [0.05, 0.1) is 13.7 Å². The summed E-state index contributed by atoms with van der Waals surface area (Å²) in [6, 6.07) is 4.96. The highest BCUT2D eigenvalue weighted by atomic mass is 16.5. The number of amides is 2. The fraction of sp³-hybridized carbons (Fsp3) is 0.600. The molecule has 0 aromatic heterocycles. The highest BCUT2D eigenvalue weighted by Crippen LogP contribution is 2.28. The van der Waals surface area contributed by atoms with Gasteiger partial charge in [0, 0.05) is 12.0 Å². The summed E-state index contributed by atoms with van der Waals surface area (Å²) in [5, 5.41) is 0. The second-order valence-corrected chi connectivity index (χ2v) is 7.00. The summed E-state index contributed by atoms with van der Waals surface area (Å²) < 4.78 is 11.0. The van der Waals surface area contributed by atoms with Gasteiger partial charge in [-0.25, -0.2) is 0 Å². The van der Waals surface area contributed by atoms with Crippen molar-refractivity contribution in [2.45, 2.75) is 53.4 Å². The average Bonchev–Trinajstić information content (AvgIpc) is 2.59. The molecular formula is C20H32N2O4. The number of nitrogens with one attached hydrogen (secondary N) is 2. The Hall–Kier alpha value is -2.24. The lowest BCUT2D eigenvalue weighted by Crippen LogP contribution is -2.42. The summed E-state index contributed by atoms with van der Waals surface area (Å²) in [5.74, 6) is 1.34. The number of ether oxygens (including phenoxy) is 2. The quantitative estimate of drug-likeness (QED) is 0.621. The molecule has 0 saturated heterocycles. The van der Waals surface area contributed by atoms with Crippen LogP contribution in [-0.4, -0.2) is 25.5 Å². The van der Waals surface area contributed by atoms with Crippen LogP contribution in [0.2, 0.25) is 0 Å². The zero-order valence-corrected chi connectivity index (χ0v) is 16.6. The minimum atomic E-state index is -0.395. The third-order valence-corrected chi connectivity index (χ3v) is 4.01. The van der Waals surface area contributed by atoms with E-state index in [9.17, 15) is 9.59 Å². The van der Waals surface area contributed by atoms with E-state index in [-0.39, 0.29) is 5.91 Å². The van der Waals surface area contributed by atoms with Gasteiger partial charge in [-0.3, -0.25) is 20.4 Å². The highest BCUT2D eigenvalue weighted by Gasteiger charge is 2.13. The minimum absolute atomic E-state index is 0.195. The molecule has 0 aliphatic rings. The Kier molecular flexibility index (Phi) is 9.55. The second-order valence-electron chi connectivity index (χ2n) is 7.00. The number of methoxy groups -OCH3 is 1. The van der Waals surface area contributed by atoms with E-state index in [4.69, 9.17) is 9.47 Å². The molecule has 0 fully saturated rings. The van der Waals surface area contributed by atoms with Crippen LogP contribution in [0.4, 0.5) is 0 Å². The summed E-state index contributed by atoms with van der Waals surface area (Å²) in [6.07, 6.45) is 3.34. The van der Waals surface area contributed by atoms with E-state index < -0.39 is 5.91 Å². The Morgan fingerprint density at radius 3 is 2.42 bits per heavy atom. The predicted octanol–water partition coefficient (Wildman–Crippen LogP) is 3.71. The highest BCUT2D eigenvalue weighted by molar-refractivity contribution is 5.96. The summed E-state index contributed by atoms with van der Waals surface area (Å²) in [4.78, 5) is 24.1. The van der Waals surface area contributed by atoms with Gasteiger partial charge in [-0.15, -0.1) is 0 Å². The van der Waals surface area contributed by atoms with E-state index in [1.54, 1.807) is 18.2 Å². The molecule has 1 aromatic rings. The van der Waals surface area contributed by atoms with Gasteiger partial charge in [0.15, 0.2) is 11.5 Å². The normalized spacial score (nSPS) is 11.8. The van der Waals surface area contributed by atoms with Crippen molar-refractivity contribution in [3.8, 4) is 11.5 Å². The van der Waals surface area contributed by atoms with E-state index in [0.29, 0.717) is 41.9 Å². The number of hydrazine groups is 1. The van der Waals surface area contributed by atoms with Gasteiger partial charge in [0.25, 0.3) is 5.91 Å².